The van der Waals surface area contributed by atoms with Gasteiger partial charge >= 0.3 is 0 Å². The van der Waals surface area contributed by atoms with Crippen LogP contribution in [0, 0.1) is 34.6 Å². The zero-order valence-electron chi connectivity index (χ0n) is 71.8. The first-order chi connectivity index (χ1) is 55.5. The number of rotatable bonds is 19. The van der Waals surface area contributed by atoms with Gasteiger partial charge in [0.1, 0.15) is 29.1 Å². The van der Waals surface area contributed by atoms with Crippen LogP contribution in [0.3, 0.4) is 0 Å². The van der Waals surface area contributed by atoms with Crippen LogP contribution in [0.25, 0.3) is 0 Å². The molecule has 0 unspecified atom stereocenters. The number of hydrogen-bond donors (Lipinski definition) is 0. The Kier molecular flexibility index (Phi) is 30.6. The summed E-state index contributed by atoms with van der Waals surface area (Å²) in [5, 5.41) is 4.13. The summed E-state index contributed by atoms with van der Waals surface area (Å²) in [6.45, 7) is 56.5. The summed E-state index contributed by atoms with van der Waals surface area (Å²) in [6.07, 6.45) is 14.5. The Balaban J connectivity index is 0.000000133. The summed E-state index contributed by atoms with van der Waals surface area (Å²) in [4.78, 5) is 51.7. The Morgan fingerprint density at radius 3 is 0.913 bits per heavy atom. The first kappa shape index (κ1) is 85.0. The van der Waals surface area contributed by atoms with Gasteiger partial charge in [-0.05, 0) is 180 Å². The smallest absolute Gasteiger partial charge is 0.150 e. The lowest BCUT2D eigenvalue weighted by Gasteiger charge is -2.35. The fourth-order valence-corrected chi connectivity index (χ4v) is 15.1. The van der Waals surface area contributed by atoms with E-state index in [1.54, 1.807) is 0 Å². The van der Waals surface area contributed by atoms with Gasteiger partial charge in [0.2, 0.25) is 0 Å². The van der Waals surface area contributed by atoms with Crippen LogP contribution in [0.1, 0.15) is 183 Å². The molecule has 1 saturated carbocycles. The predicted octanol–water partition coefficient (Wildman–Crippen LogP) is 17.5. The second-order valence-corrected chi connectivity index (χ2v) is 34.8. The van der Waals surface area contributed by atoms with Crippen molar-refractivity contribution in [2.75, 3.05) is 155 Å². The molecular weight excluding hydrogens is 1420 g/mol. The van der Waals surface area contributed by atoms with Crippen LogP contribution in [0.5, 0.6) is 0 Å². The zero-order chi connectivity index (χ0) is 80.8. The topological polar surface area (TPSA) is 136 Å². The molecule has 3 aromatic carbocycles. The molecule has 0 atom stereocenters. The summed E-state index contributed by atoms with van der Waals surface area (Å²) >= 11 is 0. The molecule has 610 valence electrons. The lowest BCUT2D eigenvalue weighted by molar-refractivity contribution is 0.219. The molecule has 5 aliphatic heterocycles. The Labute approximate surface area is 689 Å². The molecule has 16 rings (SSSR count). The van der Waals surface area contributed by atoms with Crippen LogP contribution < -0.4 is 24.5 Å². The van der Waals surface area contributed by atoms with Gasteiger partial charge in [0.05, 0.1) is 17.9 Å². The quantitative estimate of drug-likeness (QED) is 0.0759. The van der Waals surface area contributed by atoms with Gasteiger partial charge in [-0.15, -0.1) is 0 Å². The van der Waals surface area contributed by atoms with Crippen LogP contribution >= 0.6 is 0 Å². The average molecular weight is 1550 g/mol. The lowest BCUT2D eigenvalue weighted by atomic mass is 9.87. The van der Waals surface area contributed by atoms with Crippen molar-refractivity contribution in [1.29, 1.82) is 0 Å². The highest BCUT2D eigenvalue weighted by Crippen LogP contribution is 2.40. The molecule has 6 aliphatic rings. The Bertz CT molecular complexity index is 4180. The van der Waals surface area contributed by atoms with Crippen molar-refractivity contribution in [2.45, 2.75) is 172 Å². The van der Waals surface area contributed by atoms with Crippen molar-refractivity contribution in [2.24, 2.45) is 0 Å². The van der Waals surface area contributed by atoms with E-state index in [-0.39, 0.29) is 5.41 Å². The van der Waals surface area contributed by atoms with Crippen LogP contribution in [0.4, 0.5) is 29.1 Å². The van der Waals surface area contributed by atoms with Gasteiger partial charge in [-0.25, -0.2) is 24.9 Å². The summed E-state index contributed by atoms with van der Waals surface area (Å²) in [6, 6.07) is 55.3. The number of pyridine rings is 6. The first-order valence-corrected chi connectivity index (χ1v) is 42.7. The van der Waals surface area contributed by atoms with Crippen LogP contribution in [-0.2, 0) is 38.1 Å². The van der Waals surface area contributed by atoms with Crippen LogP contribution in [0.15, 0.2) is 193 Å². The van der Waals surface area contributed by atoms with Gasteiger partial charge < -0.3 is 29.0 Å². The molecule has 0 radical (unpaired) electrons. The summed E-state index contributed by atoms with van der Waals surface area (Å²) < 4.78 is 5.44. The number of anilines is 5. The number of nitrogens with zero attached hydrogens (tertiary/aromatic N) is 17. The zero-order valence-corrected chi connectivity index (χ0v) is 71.8. The molecular formula is C97H131N17O. The SMILES string of the molecule is Cc1ccc(N2CCN(Cc3cc(C(C)C)no3)CC2)nc1.Cc1ccc(N2CCN(Cc3ccc(C(C)(C)C)cc3)CC2)nc1.Cc1ccc(N2CCN(Cc3ccc(C(C)C)cc3)CC2)nc1.Cc1ccc(N2CCN(Cc3ccc(C(C)C)cn3)CC2)nc1.Cc1ccc(N2CCN(Cc3ccc(C4CC4)cc3)CC2)nc1. The summed E-state index contributed by atoms with van der Waals surface area (Å²) in [7, 11) is 0. The third-order valence-corrected chi connectivity index (χ3v) is 23.1. The van der Waals surface area contributed by atoms with E-state index in [1.165, 1.54) is 79.6 Å². The minimum absolute atomic E-state index is 0.227. The number of aryl methyl sites for hydroxylation is 5. The van der Waals surface area contributed by atoms with Crippen molar-refractivity contribution in [3.63, 3.8) is 0 Å². The summed E-state index contributed by atoms with van der Waals surface area (Å²) in [5.74, 6) is 8.89. The molecule has 6 fully saturated rings. The Morgan fingerprint density at radius 2 is 0.635 bits per heavy atom. The van der Waals surface area contributed by atoms with E-state index in [0.717, 1.165) is 216 Å². The van der Waals surface area contributed by atoms with Gasteiger partial charge in [-0.2, -0.15) is 0 Å². The Morgan fingerprint density at radius 1 is 0.322 bits per heavy atom. The van der Waals surface area contributed by atoms with E-state index in [2.05, 4.69) is 333 Å². The monoisotopic (exact) mass is 1550 g/mol. The van der Waals surface area contributed by atoms with Gasteiger partial charge in [0.25, 0.3) is 0 Å². The van der Waals surface area contributed by atoms with Crippen molar-refractivity contribution < 1.29 is 4.52 Å². The van der Waals surface area contributed by atoms with Crippen LogP contribution in [0.2, 0.25) is 0 Å². The molecule has 0 spiro atoms. The van der Waals surface area contributed by atoms with E-state index in [1.807, 2.05) is 37.2 Å². The van der Waals surface area contributed by atoms with Gasteiger partial charge in [0, 0.05) is 200 Å². The van der Waals surface area contributed by atoms with Gasteiger partial charge in [-0.1, -0.05) is 177 Å². The Hall–Kier alpha value is -9.43. The highest BCUT2D eigenvalue weighted by Gasteiger charge is 2.27. The highest BCUT2D eigenvalue weighted by atomic mass is 16.5. The van der Waals surface area contributed by atoms with E-state index in [9.17, 15) is 0 Å². The molecule has 18 heteroatoms. The molecule has 18 nitrogen and oxygen atoms in total. The number of hydrogen-bond acceptors (Lipinski definition) is 18. The molecule has 0 bridgehead atoms. The third kappa shape index (κ3) is 26.3. The number of benzene rings is 3. The molecule has 1 aliphatic carbocycles. The van der Waals surface area contributed by atoms with E-state index >= 15 is 0 Å². The molecule has 0 N–H and O–H groups in total. The van der Waals surface area contributed by atoms with E-state index in [4.69, 9.17) is 4.52 Å². The predicted molar refractivity (Wildman–Crippen MR) is 475 cm³/mol. The molecule has 0 amide bonds. The third-order valence-electron chi connectivity index (χ3n) is 23.1. The summed E-state index contributed by atoms with van der Waals surface area (Å²) in [5.41, 5.74) is 18.4. The average Bonchev–Trinajstić information content (AvgIpc) is 1.81. The maximum atomic E-state index is 5.44. The number of aromatic nitrogens is 7. The van der Waals surface area contributed by atoms with Crippen molar-refractivity contribution in [1.82, 2.24) is 59.6 Å². The normalized spacial score (nSPS) is 16.8. The fourth-order valence-electron chi connectivity index (χ4n) is 15.1. The van der Waals surface area contributed by atoms with Crippen LogP contribution in [-0.4, -0.2) is 190 Å². The maximum Gasteiger partial charge on any atom is 0.150 e. The number of piperazine rings is 5. The minimum atomic E-state index is 0.227. The lowest BCUT2D eigenvalue weighted by Crippen LogP contribution is -2.46. The fraction of sp³-hybridized carbons (Fsp3) is 0.474. The first-order valence-electron chi connectivity index (χ1n) is 42.7. The van der Waals surface area contributed by atoms with Crippen molar-refractivity contribution in [3.8, 4) is 0 Å². The molecule has 115 heavy (non-hydrogen) atoms. The molecule has 5 saturated heterocycles. The molecule has 12 heterocycles. The largest absolute Gasteiger partial charge is 0.360 e. The molecule has 7 aromatic heterocycles. The minimum Gasteiger partial charge on any atom is -0.360 e. The van der Waals surface area contributed by atoms with Crippen molar-refractivity contribution in [3.05, 3.63) is 273 Å². The second-order valence-electron chi connectivity index (χ2n) is 34.8. The van der Waals surface area contributed by atoms with Gasteiger partial charge in [-0.3, -0.25) is 29.5 Å². The highest BCUT2D eigenvalue weighted by molar-refractivity contribution is 5.44. The standard InChI is InChI=1S/C21H29N3.C20H25N3.C20H27N3.C19H26N4.C17H24N4O/c1-17-5-10-20(22-15-17)24-13-11-23(12-14-24)16-18-6-8-19(9-7-18)21(2,3)4;1-16-2-9-20(21-14-16)23-12-10-22(11-13-23)15-17-3-5-18(6-4-17)19-7-8-19;1-16(2)19-7-5-18(6-8-19)15-22-10-12-23(13-11-22)20-9-4-17(3)14-21-20;1-15(2)17-5-6-18(20-13-17)14-22-8-10-23(11-9-22)19-7-4-16(3)12-21-19;1-13(2)16-10-15(22-19-16)12-20-6-8-21(9-7-20)17-5-4-14(3)11-18-17/h5-10,15H,11-14,16H2,1-4H3;2-6,9,14,19H,7-8,10-13,15H2,1H3;4-9,14,16H,10-13,15H2,1-3H3;4-7,12-13,15H,8-11,14H2,1-3H3;4-5,10-11,13H,6-9,12H2,1-3H3. The van der Waals surface area contributed by atoms with E-state index in [0.29, 0.717) is 17.8 Å². The van der Waals surface area contributed by atoms with Crippen molar-refractivity contribution >= 4 is 29.1 Å². The second kappa shape index (κ2) is 41.4. The van der Waals surface area contributed by atoms with Gasteiger partial charge in [0.15, 0.2) is 5.76 Å². The maximum absolute atomic E-state index is 5.44. The van der Waals surface area contributed by atoms with E-state index < -0.39 is 0 Å². The molecule has 10 aromatic rings.